The third kappa shape index (κ3) is 4.89. The molecule has 0 fully saturated rings. The standard InChI is InChI=1S/C21H14ClN3O4/c22-18-8-6-15(11-19(18)25(27)28)20-9-7-17(29-20)10-16(12-23)21(26)24-13-14-4-2-1-3-5-14/h1-11H,13H2,(H,24,26)/b16-10-. The maximum Gasteiger partial charge on any atom is 0.288 e. The molecule has 1 amide bonds. The summed E-state index contributed by atoms with van der Waals surface area (Å²) in [6.45, 7) is 0.288. The van der Waals surface area contributed by atoms with Gasteiger partial charge in [0.2, 0.25) is 0 Å². The number of nitro groups is 1. The number of hydrogen-bond donors (Lipinski definition) is 1. The Labute approximate surface area is 171 Å². The van der Waals surface area contributed by atoms with E-state index in [-0.39, 0.29) is 28.6 Å². The monoisotopic (exact) mass is 407 g/mol. The SMILES string of the molecule is N#C/C(=C/c1ccc(-c2ccc(Cl)c([N+](=O)[O-])c2)o1)C(=O)NCc1ccccc1. The fourth-order valence-corrected chi connectivity index (χ4v) is 2.74. The number of nitriles is 1. The normalized spacial score (nSPS) is 11.0. The number of benzene rings is 2. The van der Waals surface area contributed by atoms with Gasteiger partial charge in [-0.2, -0.15) is 5.26 Å². The van der Waals surface area contributed by atoms with Crippen LogP contribution in [-0.4, -0.2) is 10.8 Å². The molecular weight excluding hydrogens is 394 g/mol. The van der Waals surface area contributed by atoms with Crippen LogP contribution in [0, 0.1) is 21.4 Å². The molecule has 0 bridgehead atoms. The maximum absolute atomic E-state index is 12.3. The Morgan fingerprint density at radius 3 is 2.66 bits per heavy atom. The van der Waals surface area contributed by atoms with Gasteiger partial charge in [0.15, 0.2) is 0 Å². The zero-order valence-corrected chi connectivity index (χ0v) is 15.7. The van der Waals surface area contributed by atoms with Crippen LogP contribution in [0.5, 0.6) is 0 Å². The van der Waals surface area contributed by atoms with Crippen LogP contribution in [0.25, 0.3) is 17.4 Å². The Hall–Kier alpha value is -3.89. The zero-order valence-electron chi connectivity index (χ0n) is 15.0. The van der Waals surface area contributed by atoms with Gasteiger partial charge in [-0.05, 0) is 29.8 Å². The average molecular weight is 408 g/mol. The highest BCUT2D eigenvalue weighted by atomic mass is 35.5. The summed E-state index contributed by atoms with van der Waals surface area (Å²) in [5.74, 6) is 0.0819. The predicted molar refractivity (Wildman–Crippen MR) is 108 cm³/mol. The molecule has 3 aromatic rings. The van der Waals surface area contributed by atoms with E-state index < -0.39 is 10.8 Å². The second-order valence-electron chi connectivity index (χ2n) is 5.96. The van der Waals surface area contributed by atoms with E-state index >= 15 is 0 Å². The topological polar surface area (TPSA) is 109 Å². The van der Waals surface area contributed by atoms with E-state index in [4.69, 9.17) is 16.0 Å². The average Bonchev–Trinajstić information content (AvgIpc) is 3.19. The molecular formula is C21H14ClN3O4. The van der Waals surface area contributed by atoms with Crippen LogP contribution in [0.15, 0.2) is 70.7 Å². The van der Waals surface area contributed by atoms with Gasteiger partial charge in [-0.25, -0.2) is 0 Å². The van der Waals surface area contributed by atoms with Gasteiger partial charge >= 0.3 is 0 Å². The second kappa shape index (κ2) is 8.87. The largest absolute Gasteiger partial charge is 0.457 e. The van der Waals surface area contributed by atoms with Crippen molar-refractivity contribution in [1.82, 2.24) is 5.32 Å². The third-order valence-electron chi connectivity index (χ3n) is 4.00. The summed E-state index contributed by atoms with van der Waals surface area (Å²) in [6, 6.07) is 18.6. The number of nitro benzene ring substituents is 1. The lowest BCUT2D eigenvalue weighted by atomic mass is 10.1. The van der Waals surface area contributed by atoms with Gasteiger partial charge in [0, 0.05) is 24.3 Å². The number of nitrogens with one attached hydrogen (secondary N) is 1. The first-order chi connectivity index (χ1) is 14.0. The highest BCUT2D eigenvalue weighted by molar-refractivity contribution is 6.32. The Morgan fingerprint density at radius 1 is 1.21 bits per heavy atom. The fourth-order valence-electron chi connectivity index (χ4n) is 2.56. The van der Waals surface area contributed by atoms with Crippen LogP contribution >= 0.6 is 11.6 Å². The molecule has 0 aliphatic heterocycles. The van der Waals surface area contributed by atoms with E-state index in [0.717, 1.165) is 5.56 Å². The quantitative estimate of drug-likeness (QED) is 0.275. The number of carbonyl (C=O) groups is 1. The van der Waals surface area contributed by atoms with Crippen molar-refractivity contribution in [1.29, 1.82) is 5.26 Å². The summed E-state index contributed by atoms with van der Waals surface area (Å²) < 4.78 is 5.62. The lowest BCUT2D eigenvalue weighted by molar-refractivity contribution is -0.384. The number of nitrogens with zero attached hydrogens (tertiary/aromatic N) is 2. The molecule has 0 saturated heterocycles. The molecule has 144 valence electrons. The van der Waals surface area contributed by atoms with Crippen molar-refractivity contribution in [2.45, 2.75) is 6.54 Å². The molecule has 7 nitrogen and oxygen atoms in total. The fraction of sp³-hybridized carbons (Fsp3) is 0.0476. The van der Waals surface area contributed by atoms with Gasteiger partial charge in [0.25, 0.3) is 11.6 Å². The van der Waals surface area contributed by atoms with Gasteiger partial charge in [0.05, 0.1) is 4.92 Å². The van der Waals surface area contributed by atoms with Gasteiger partial charge < -0.3 is 9.73 Å². The maximum atomic E-state index is 12.3. The van der Waals surface area contributed by atoms with E-state index in [1.807, 2.05) is 36.4 Å². The van der Waals surface area contributed by atoms with E-state index in [1.54, 1.807) is 18.2 Å². The van der Waals surface area contributed by atoms with Crippen molar-refractivity contribution in [2.75, 3.05) is 0 Å². The van der Waals surface area contributed by atoms with Crippen molar-refractivity contribution in [3.05, 3.63) is 92.7 Å². The Morgan fingerprint density at radius 2 is 1.97 bits per heavy atom. The molecule has 0 saturated carbocycles. The smallest absolute Gasteiger partial charge is 0.288 e. The predicted octanol–water partition coefficient (Wildman–Crippen LogP) is 4.73. The van der Waals surface area contributed by atoms with Crippen LogP contribution in [0.2, 0.25) is 5.02 Å². The van der Waals surface area contributed by atoms with E-state index in [9.17, 15) is 20.2 Å². The molecule has 1 heterocycles. The van der Waals surface area contributed by atoms with E-state index in [1.165, 1.54) is 18.2 Å². The summed E-state index contributed by atoms with van der Waals surface area (Å²) in [5.41, 5.74) is 0.995. The van der Waals surface area contributed by atoms with Crippen molar-refractivity contribution in [2.24, 2.45) is 0 Å². The first-order valence-corrected chi connectivity index (χ1v) is 8.84. The second-order valence-corrected chi connectivity index (χ2v) is 6.37. The van der Waals surface area contributed by atoms with Crippen LogP contribution in [0.4, 0.5) is 5.69 Å². The Kier molecular flexibility index (Phi) is 6.07. The van der Waals surface area contributed by atoms with Gasteiger partial charge in [-0.15, -0.1) is 0 Å². The Balaban J connectivity index is 1.77. The molecule has 0 spiro atoms. The van der Waals surface area contributed by atoms with Crippen molar-refractivity contribution >= 4 is 29.3 Å². The first kappa shape index (κ1) is 19.9. The molecule has 1 aromatic heterocycles. The van der Waals surface area contributed by atoms with Crippen LogP contribution < -0.4 is 5.32 Å². The summed E-state index contributed by atoms with van der Waals surface area (Å²) in [7, 11) is 0. The number of halogens is 1. The molecule has 0 aliphatic rings. The van der Waals surface area contributed by atoms with Crippen molar-refractivity contribution < 1.29 is 14.1 Å². The van der Waals surface area contributed by atoms with Gasteiger partial charge in [0.1, 0.15) is 28.2 Å². The number of amides is 1. The van der Waals surface area contributed by atoms with Crippen molar-refractivity contribution in [3.8, 4) is 17.4 Å². The molecule has 0 aliphatic carbocycles. The van der Waals surface area contributed by atoms with Crippen LogP contribution in [0.1, 0.15) is 11.3 Å². The highest BCUT2D eigenvalue weighted by Gasteiger charge is 2.16. The molecule has 3 rings (SSSR count). The summed E-state index contributed by atoms with van der Waals surface area (Å²) in [6.07, 6.45) is 1.31. The van der Waals surface area contributed by atoms with Crippen molar-refractivity contribution in [3.63, 3.8) is 0 Å². The minimum atomic E-state index is -0.583. The zero-order chi connectivity index (χ0) is 20.8. The minimum absolute atomic E-state index is 0.0206. The first-order valence-electron chi connectivity index (χ1n) is 8.46. The Bertz CT molecular complexity index is 1130. The molecule has 29 heavy (non-hydrogen) atoms. The molecule has 8 heteroatoms. The summed E-state index contributed by atoms with van der Waals surface area (Å²) >= 11 is 5.82. The number of carbonyl (C=O) groups excluding carboxylic acids is 1. The van der Waals surface area contributed by atoms with E-state index in [0.29, 0.717) is 11.3 Å². The third-order valence-corrected chi connectivity index (χ3v) is 4.32. The lowest BCUT2D eigenvalue weighted by Crippen LogP contribution is -2.23. The van der Waals surface area contributed by atoms with Crippen LogP contribution in [-0.2, 0) is 11.3 Å². The molecule has 0 unspecified atom stereocenters. The molecule has 2 aromatic carbocycles. The van der Waals surface area contributed by atoms with Gasteiger partial charge in [-0.3, -0.25) is 14.9 Å². The number of rotatable bonds is 6. The minimum Gasteiger partial charge on any atom is -0.457 e. The highest BCUT2D eigenvalue weighted by Crippen LogP contribution is 2.31. The summed E-state index contributed by atoms with van der Waals surface area (Å²) in [4.78, 5) is 22.7. The van der Waals surface area contributed by atoms with E-state index in [2.05, 4.69) is 5.32 Å². The number of furan rings is 1. The summed E-state index contributed by atoms with van der Waals surface area (Å²) in [5, 5.41) is 23.0. The molecule has 0 atom stereocenters. The van der Waals surface area contributed by atoms with Crippen LogP contribution in [0.3, 0.4) is 0 Å². The number of hydrogen-bond acceptors (Lipinski definition) is 5. The molecule has 0 radical (unpaired) electrons. The van der Waals surface area contributed by atoms with Gasteiger partial charge in [-0.1, -0.05) is 41.9 Å². The molecule has 1 N–H and O–H groups in total. The lowest BCUT2D eigenvalue weighted by Gasteiger charge is -2.04.